The standard InChI is InChI=1S/C23H23N5S/c1-17-6-5-9-20-21(17)22(25-16-24-20)28-12-10-27(11-13-28)14-19-15-29-23(26-19)18-7-3-2-4-8-18/h2-9,15-16H,10-14H2,1H3. The third kappa shape index (κ3) is 3.73. The largest absolute Gasteiger partial charge is 0.353 e. The zero-order chi connectivity index (χ0) is 19.6. The highest BCUT2D eigenvalue weighted by Crippen LogP contribution is 2.28. The fraction of sp³-hybridized carbons (Fsp3) is 0.261. The van der Waals surface area contributed by atoms with Crippen LogP contribution in [-0.4, -0.2) is 46.0 Å². The van der Waals surface area contributed by atoms with E-state index >= 15 is 0 Å². The molecule has 0 saturated carbocycles. The fourth-order valence-corrected chi connectivity index (χ4v) is 4.76. The van der Waals surface area contributed by atoms with Gasteiger partial charge in [-0.2, -0.15) is 0 Å². The number of hydrogen-bond acceptors (Lipinski definition) is 6. The van der Waals surface area contributed by atoms with Gasteiger partial charge in [0.1, 0.15) is 17.2 Å². The number of thiazole rings is 1. The number of rotatable bonds is 4. The molecule has 0 unspecified atom stereocenters. The minimum Gasteiger partial charge on any atom is -0.353 e. The fourth-order valence-electron chi connectivity index (χ4n) is 3.94. The molecule has 2 aromatic heterocycles. The van der Waals surface area contributed by atoms with Gasteiger partial charge in [0.05, 0.1) is 11.2 Å². The van der Waals surface area contributed by atoms with Crippen molar-refractivity contribution in [2.45, 2.75) is 13.5 Å². The zero-order valence-corrected chi connectivity index (χ0v) is 17.3. The normalized spacial score (nSPS) is 15.1. The lowest BCUT2D eigenvalue weighted by atomic mass is 10.1. The molecule has 2 aromatic carbocycles. The van der Waals surface area contributed by atoms with Crippen molar-refractivity contribution in [3.8, 4) is 10.6 Å². The average molecular weight is 402 g/mol. The minimum atomic E-state index is 0.903. The van der Waals surface area contributed by atoms with Gasteiger partial charge in [0.15, 0.2) is 0 Å². The van der Waals surface area contributed by atoms with Crippen LogP contribution in [0.2, 0.25) is 0 Å². The number of fused-ring (bicyclic) bond motifs is 1. The molecule has 146 valence electrons. The van der Waals surface area contributed by atoms with Crippen molar-refractivity contribution in [3.63, 3.8) is 0 Å². The van der Waals surface area contributed by atoms with Gasteiger partial charge in [-0.25, -0.2) is 15.0 Å². The van der Waals surface area contributed by atoms with Crippen molar-refractivity contribution in [1.82, 2.24) is 19.9 Å². The Balaban J connectivity index is 1.27. The first-order valence-corrected chi connectivity index (χ1v) is 10.8. The molecule has 5 rings (SSSR count). The lowest BCUT2D eigenvalue weighted by Crippen LogP contribution is -2.46. The van der Waals surface area contributed by atoms with Gasteiger partial charge in [0.25, 0.3) is 0 Å². The van der Waals surface area contributed by atoms with E-state index in [0.717, 1.165) is 54.8 Å². The molecule has 1 aliphatic heterocycles. The zero-order valence-electron chi connectivity index (χ0n) is 16.5. The highest BCUT2D eigenvalue weighted by atomic mass is 32.1. The first-order chi connectivity index (χ1) is 14.3. The molecule has 1 fully saturated rings. The number of nitrogens with zero attached hydrogens (tertiary/aromatic N) is 5. The van der Waals surface area contributed by atoms with Gasteiger partial charge in [0.2, 0.25) is 0 Å². The Labute approximate surface area is 174 Å². The Morgan fingerprint density at radius 3 is 2.59 bits per heavy atom. The second kappa shape index (κ2) is 7.89. The molecule has 5 nitrogen and oxygen atoms in total. The number of anilines is 1. The maximum Gasteiger partial charge on any atom is 0.140 e. The monoisotopic (exact) mass is 401 g/mol. The van der Waals surface area contributed by atoms with Crippen molar-refractivity contribution in [1.29, 1.82) is 0 Å². The Morgan fingerprint density at radius 2 is 1.76 bits per heavy atom. The van der Waals surface area contributed by atoms with Crippen LogP contribution in [0.3, 0.4) is 0 Å². The summed E-state index contributed by atoms with van der Waals surface area (Å²) in [5.74, 6) is 1.06. The van der Waals surface area contributed by atoms with Gasteiger partial charge in [-0.15, -0.1) is 11.3 Å². The predicted molar refractivity (Wildman–Crippen MR) is 119 cm³/mol. The van der Waals surface area contributed by atoms with Crippen molar-refractivity contribution in [2.75, 3.05) is 31.1 Å². The van der Waals surface area contributed by atoms with Crippen LogP contribution in [0.5, 0.6) is 0 Å². The number of piperazine rings is 1. The Kier molecular flexibility index (Phi) is 4.96. The van der Waals surface area contributed by atoms with E-state index in [1.54, 1.807) is 17.7 Å². The number of aryl methyl sites for hydroxylation is 1. The molecular weight excluding hydrogens is 378 g/mol. The van der Waals surface area contributed by atoms with Gasteiger partial charge in [-0.1, -0.05) is 42.5 Å². The van der Waals surface area contributed by atoms with Crippen LogP contribution in [0.25, 0.3) is 21.5 Å². The summed E-state index contributed by atoms with van der Waals surface area (Å²) < 4.78 is 0. The van der Waals surface area contributed by atoms with Gasteiger partial charge < -0.3 is 4.90 Å². The van der Waals surface area contributed by atoms with E-state index < -0.39 is 0 Å². The summed E-state index contributed by atoms with van der Waals surface area (Å²) in [6.45, 7) is 7.00. The molecule has 1 aliphatic rings. The van der Waals surface area contributed by atoms with Crippen LogP contribution < -0.4 is 4.90 Å². The molecule has 3 heterocycles. The number of aromatic nitrogens is 3. The van der Waals surface area contributed by atoms with Gasteiger partial charge in [-0.3, -0.25) is 4.90 Å². The second-order valence-electron chi connectivity index (χ2n) is 7.44. The van der Waals surface area contributed by atoms with E-state index in [1.165, 1.54) is 16.5 Å². The summed E-state index contributed by atoms with van der Waals surface area (Å²) in [6, 6.07) is 16.7. The van der Waals surface area contributed by atoms with Crippen molar-refractivity contribution in [2.24, 2.45) is 0 Å². The predicted octanol–water partition coefficient (Wildman–Crippen LogP) is 4.38. The summed E-state index contributed by atoms with van der Waals surface area (Å²) in [5.41, 5.74) is 4.61. The van der Waals surface area contributed by atoms with Crippen LogP contribution in [0, 0.1) is 6.92 Å². The van der Waals surface area contributed by atoms with E-state index in [9.17, 15) is 0 Å². The van der Waals surface area contributed by atoms with Crippen molar-refractivity contribution < 1.29 is 0 Å². The second-order valence-corrected chi connectivity index (χ2v) is 8.30. The highest BCUT2D eigenvalue weighted by Gasteiger charge is 2.21. The summed E-state index contributed by atoms with van der Waals surface area (Å²) in [7, 11) is 0. The Morgan fingerprint density at radius 1 is 0.931 bits per heavy atom. The van der Waals surface area contributed by atoms with E-state index in [4.69, 9.17) is 4.98 Å². The third-order valence-corrected chi connectivity index (χ3v) is 6.42. The first-order valence-electron chi connectivity index (χ1n) is 9.95. The summed E-state index contributed by atoms with van der Waals surface area (Å²) in [4.78, 5) is 18.8. The minimum absolute atomic E-state index is 0.903. The number of benzene rings is 2. The quantitative estimate of drug-likeness (QED) is 0.508. The molecule has 1 saturated heterocycles. The topological polar surface area (TPSA) is 45.2 Å². The average Bonchev–Trinajstić information content (AvgIpc) is 3.23. The van der Waals surface area contributed by atoms with Crippen LogP contribution in [-0.2, 0) is 6.54 Å². The van der Waals surface area contributed by atoms with Crippen LogP contribution >= 0.6 is 11.3 Å². The molecule has 29 heavy (non-hydrogen) atoms. The molecule has 0 N–H and O–H groups in total. The Hall–Kier alpha value is -2.83. The molecular formula is C23H23N5S. The lowest BCUT2D eigenvalue weighted by molar-refractivity contribution is 0.247. The maximum absolute atomic E-state index is 4.85. The van der Waals surface area contributed by atoms with Crippen LogP contribution in [0.15, 0.2) is 60.2 Å². The van der Waals surface area contributed by atoms with Gasteiger partial charge in [-0.05, 0) is 18.6 Å². The van der Waals surface area contributed by atoms with E-state index in [1.807, 2.05) is 6.07 Å². The summed E-state index contributed by atoms with van der Waals surface area (Å²) >= 11 is 1.73. The van der Waals surface area contributed by atoms with E-state index in [0.29, 0.717) is 0 Å². The molecule has 0 amide bonds. The lowest BCUT2D eigenvalue weighted by Gasteiger charge is -2.35. The van der Waals surface area contributed by atoms with Crippen LogP contribution in [0.4, 0.5) is 5.82 Å². The molecule has 0 radical (unpaired) electrons. The van der Waals surface area contributed by atoms with E-state index in [-0.39, 0.29) is 0 Å². The summed E-state index contributed by atoms with van der Waals surface area (Å²) in [5, 5.41) is 4.47. The first kappa shape index (κ1) is 18.2. The van der Waals surface area contributed by atoms with Crippen LogP contribution in [0.1, 0.15) is 11.3 Å². The summed E-state index contributed by atoms with van der Waals surface area (Å²) in [6.07, 6.45) is 1.68. The van der Waals surface area contributed by atoms with Crippen molar-refractivity contribution >= 4 is 28.1 Å². The van der Waals surface area contributed by atoms with Gasteiger partial charge >= 0.3 is 0 Å². The highest BCUT2D eigenvalue weighted by molar-refractivity contribution is 7.13. The number of hydrogen-bond donors (Lipinski definition) is 0. The maximum atomic E-state index is 4.85. The Bertz CT molecular complexity index is 1110. The SMILES string of the molecule is Cc1cccc2ncnc(N3CCN(Cc4csc(-c5ccccc5)n4)CC3)c12. The van der Waals surface area contributed by atoms with E-state index in [2.05, 4.69) is 74.5 Å². The molecule has 4 aromatic rings. The molecule has 0 spiro atoms. The molecule has 0 aliphatic carbocycles. The third-order valence-electron chi connectivity index (χ3n) is 5.48. The molecule has 0 bridgehead atoms. The molecule has 6 heteroatoms. The molecule has 0 atom stereocenters. The van der Waals surface area contributed by atoms with Gasteiger partial charge in [0, 0.05) is 49.1 Å². The van der Waals surface area contributed by atoms with Crippen molar-refractivity contribution in [3.05, 3.63) is 71.5 Å². The smallest absolute Gasteiger partial charge is 0.140 e.